The molecule has 8 heteroatoms. The molecule has 0 saturated carbocycles. The van der Waals surface area contributed by atoms with Crippen LogP contribution in [0.5, 0.6) is 5.75 Å². The molecule has 0 saturated heterocycles. The smallest absolute Gasteiger partial charge is 0.266 e. The van der Waals surface area contributed by atoms with Crippen molar-refractivity contribution in [1.82, 2.24) is 4.98 Å². The molecule has 0 spiro atoms. The number of halogens is 1. The zero-order valence-corrected chi connectivity index (χ0v) is 16.8. The van der Waals surface area contributed by atoms with Crippen LogP contribution in [0.2, 0.25) is 5.02 Å². The topological polar surface area (TPSA) is 75.0 Å². The van der Waals surface area contributed by atoms with Gasteiger partial charge >= 0.3 is 0 Å². The normalized spacial score (nSPS) is 11.1. The predicted octanol–water partition coefficient (Wildman–Crippen LogP) is 5.39. The summed E-state index contributed by atoms with van der Waals surface area (Å²) in [7, 11) is 1.49. The first-order valence-corrected chi connectivity index (χ1v) is 9.92. The molecule has 0 unspecified atom stereocenters. The molecule has 2 aromatic heterocycles. The van der Waals surface area contributed by atoms with Crippen molar-refractivity contribution in [3.05, 3.63) is 56.9 Å². The van der Waals surface area contributed by atoms with Gasteiger partial charge in [-0.1, -0.05) is 17.7 Å². The lowest BCUT2D eigenvalue weighted by atomic mass is 10.1. The van der Waals surface area contributed by atoms with Crippen LogP contribution in [0.15, 0.2) is 40.6 Å². The molecule has 1 aromatic carbocycles. The van der Waals surface area contributed by atoms with Gasteiger partial charge in [-0.25, -0.2) is 4.98 Å². The van der Waals surface area contributed by atoms with E-state index in [1.807, 2.05) is 35.9 Å². The van der Waals surface area contributed by atoms with Crippen LogP contribution in [-0.4, -0.2) is 18.0 Å². The van der Waals surface area contributed by atoms with Gasteiger partial charge in [-0.2, -0.15) is 5.26 Å². The van der Waals surface area contributed by atoms with Crippen LogP contribution in [0.25, 0.3) is 16.0 Å². The number of thiazole rings is 1. The summed E-state index contributed by atoms with van der Waals surface area (Å²) in [5.41, 5.74) is 1.75. The number of hydrogen-bond donors (Lipinski definition) is 1. The Hall–Kier alpha value is -2.66. The number of nitrogens with zero attached hydrogens (tertiary/aromatic N) is 2. The summed E-state index contributed by atoms with van der Waals surface area (Å²) < 4.78 is 5.25. The molecule has 1 N–H and O–H groups in total. The van der Waals surface area contributed by atoms with Gasteiger partial charge in [0.1, 0.15) is 22.4 Å². The molecular formula is C19H14ClN3O2S2. The fraction of sp³-hybridized carbons (Fsp3) is 0.105. The van der Waals surface area contributed by atoms with Crippen molar-refractivity contribution < 1.29 is 9.53 Å². The molecule has 136 valence electrons. The van der Waals surface area contributed by atoms with Crippen molar-refractivity contribution in [3.8, 4) is 21.7 Å². The average molecular weight is 416 g/mol. The van der Waals surface area contributed by atoms with Crippen LogP contribution in [0, 0.1) is 18.3 Å². The molecule has 0 aliphatic heterocycles. The number of aryl methyl sites for hydroxylation is 1. The lowest BCUT2D eigenvalue weighted by molar-refractivity contribution is -0.112. The highest BCUT2D eigenvalue weighted by Crippen LogP contribution is 2.32. The number of carbonyl (C=O) groups excluding carboxylic acids is 1. The van der Waals surface area contributed by atoms with E-state index in [1.165, 1.54) is 24.5 Å². The summed E-state index contributed by atoms with van der Waals surface area (Å²) >= 11 is 9.13. The predicted molar refractivity (Wildman–Crippen MR) is 110 cm³/mol. The van der Waals surface area contributed by atoms with Crippen LogP contribution in [0.1, 0.15) is 11.3 Å². The van der Waals surface area contributed by atoms with Gasteiger partial charge in [-0.15, -0.1) is 22.7 Å². The summed E-state index contributed by atoms with van der Waals surface area (Å²) in [6.07, 6.45) is 1.47. The van der Waals surface area contributed by atoms with Crippen LogP contribution >= 0.6 is 34.3 Å². The van der Waals surface area contributed by atoms with Crippen molar-refractivity contribution in [1.29, 1.82) is 5.26 Å². The van der Waals surface area contributed by atoms with Gasteiger partial charge in [-0.05, 0) is 36.1 Å². The van der Waals surface area contributed by atoms with E-state index in [9.17, 15) is 10.1 Å². The number of nitriles is 1. The Bertz CT molecular complexity index is 1050. The highest BCUT2D eigenvalue weighted by Gasteiger charge is 2.15. The summed E-state index contributed by atoms with van der Waals surface area (Å²) in [6.45, 7) is 1.82. The number of thiophene rings is 1. The number of aromatic nitrogens is 1. The van der Waals surface area contributed by atoms with Crippen LogP contribution in [0.3, 0.4) is 0 Å². The SMILES string of the molecule is COc1cc(Cl)c(C)cc1NC(=O)C(C#N)=Cc1csc(-c2cccs2)n1. The fourth-order valence-corrected chi connectivity index (χ4v) is 4.03. The lowest BCUT2D eigenvalue weighted by Crippen LogP contribution is -2.14. The largest absolute Gasteiger partial charge is 0.495 e. The second kappa shape index (κ2) is 8.35. The number of benzene rings is 1. The number of hydrogen-bond acceptors (Lipinski definition) is 6. The zero-order valence-electron chi connectivity index (χ0n) is 14.4. The number of nitrogens with one attached hydrogen (secondary N) is 1. The number of rotatable bonds is 5. The number of anilines is 1. The molecule has 0 aliphatic carbocycles. The van der Waals surface area contributed by atoms with E-state index in [0.29, 0.717) is 22.2 Å². The molecule has 0 atom stereocenters. The Morgan fingerprint density at radius 3 is 2.89 bits per heavy atom. The Balaban J connectivity index is 1.84. The monoisotopic (exact) mass is 415 g/mol. The fourth-order valence-electron chi connectivity index (χ4n) is 2.28. The molecule has 3 aromatic rings. The minimum atomic E-state index is -0.539. The highest BCUT2D eigenvalue weighted by molar-refractivity contribution is 7.20. The standard InChI is InChI=1S/C19H14ClN3O2S2/c1-11-6-15(16(25-2)8-14(11)20)23-18(24)12(9-21)7-13-10-27-19(22-13)17-4-3-5-26-17/h3-8,10H,1-2H3,(H,23,24). The zero-order chi connectivity index (χ0) is 19.4. The molecule has 2 heterocycles. The van der Waals surface area contributed by atoms with Crippen molar-refractivity contribution in [2.45, 2.75) is 6.92 Å². The Kier molecular flexibility index (Phi) is 5.91. The van der Waals surface area contributed by atoms with Gasteiger partial charge in [0.15, 0.2) is 0 Å². The Labute approximate surface area is 169 Å². The molecule has 27 heavy (non-hydrogen) atoms. The van der Waals surface area contributed by atoms with E-state index in [1.54, 1.807) is 23.5 Å². The van der Waals surface area contributed by atoms with E-state index >= 15 is 0 Å². The second-order valence-corrected chi connectivity index (χ2v) is 7.69. The molecular weight excluding hydrogens is 402 g/mol. The number of ether oxygens (including phenoxy) is 1. The quantitative estimate of drug-likeness (QED) is 0.448. The van der Waals surface area contributed by atoms with Gasteiger partial charge < -0.3 is 10.1 Å². The van der Waals surface area contributed by atoms with E-state index in [-0.39, 0.29) is 5.57 Å². The third-order valence-electron chi connectivity index (χ3n) is 3.64. The first kappa shape index (κ1) is 19.1. The molecule has 0 fully saturated rings. The number of amides is 1. The lowest BCUT2D eigenvalue weighted by Gasteiger charge is -2.11. The third kappa shape index (κ3) is 4.37. The second-order valence-electron chi connectivity index (χ2n) is 5.48. The van der Waals surface area contributed by atoms with Crippen LogP contribution in [0.4, 0.5) is 5.69 Å². The average Bonchev–Trinajstić information content (AvgIpc) is 3.33. The van der Waals surface area contributed by atoms with Crippen LogP contribution in [-0.2, 0) is 4.79 Å². The molecule has 0 bridgehead atoms. The minimum Gasteiger partial charge on any atom is -0.495 e. The highest BCUT2D eigenvalue weighted by atomic mass is 35.5. The molecule has 3 rings (SSSR count). The maximum Gasteiger partial charge on any atom is 0.266 e. The van der Waals surface area contributed by atoms with E-state index < -0.39 is 5.91 Å². The molecule has 0 aliphatic rings. The van der Waals surface area contributed by atoms with Crippen LogP contribution < -0.4 is 10.1 Å². The van der Waals surface area contributed by atoms with E-state index in [2.05, 4.69) is 10.3 Å². The first-order valence-electron chi connectivity index (χ1n) is 7.78. The third-order valence-corrected chi connectivity index (χ3v) is 5.95. The minimum absolute atomic E-state index is 0.0484. The van der Waals surface area contributed by atoms with Gasteiger partial charge in [0.2, 0.25) is 0 Å². The molecule has 0 radical (unpaired) electrons. The summed E-state index contributed by atoms with van der Waals surface area (Å²) in [6, 6.07) is 9.18. The maximum atomic E-state index is 12.5. The summed E-state index contributed by atoms with van der Waals surface area (Å²) in [5, 5.41) is 17.3. The van der Waals surface area contributed by atoms with Crippen molar-refractivity contribution in [2.24, 2.45) is 0 Å². The van der Waals surface area contributed by atoms with Crippen molar-refractivity contribution >= 4 is 51.9 Å². The molecule has 1 amide bonds. The van der Waals surface area contributed by atoms with E-state index in [4.69, 9.17) is 16.3 Å². The summed E-state index contributed by atoms with van der Waals surface area (Å²) in [5.74, 6) is -0.118. The first-order chi connectivity index (χ1) is 13.0. The van der Waals surface area contributed by atoms with Gasteiger partial charge in [-0.3, -0.25) is 4.79 Å². The van der Waals surface area contributed by atoms with Crippen molar-refractivity contribution in [2.75, 3.05) is 12.4 Å². The number of carbonyl (C=O) groups is 1. The Morgan fingerprint density at radius 2 is 2.22 bits per heavy atom. The van der Waals surface area contributed by atoms with Gasteiger partial charge in [0.25, 0.3) is 5.91 Å². The van der Waals surface area contributed by atoms with Gasteiger partial charge in [0.05, 0.1) is 23.4 Å². The summed E-state index contributed by atoms with van der Waals surface area (Å²) in [4.78, 5) is 18.0. The van der Waals surface area contributed by atoms with E-state index in [0.717, 1.165) is 15.4 Å². The van der Waals surface area contributed by atoms with Gasteiger partial charge in [0, 0.05) is 16.5 Å². The Morgan fingerprint density at radius 1 is 1.41 bits per heavy atom. The van der Waals surface area contributed by atoms with Crippen molar-refractivity contribution in [3.63, 3.8) is 0 Å². The molecule has 5 nitrogen and oxygen atoms in total. The number of methoxy groups -OCH3 is 1. The maximum absolute atomic E-state index is 12.5.